The molecule has 0 saturated carbocycles. The highest BCUT2D eigenvalue weighted by atomic mass is 16.4. The molecule has 0 radical (unpaired) electrons. The lowest BCUT2D eigenvalue weighted by Gasteiger charge is -2.07. The summed E-state index contributed by atoms with van der Waals surface area (Å²) in [5, 5.41) is 32.9. The zero-order valence-electron chi connectivity index (χ0n) is 21.4. The van der Waals surface area contributed by atoms with Crippen molar-refractivity contribution >= 4 is 29.8 Å². The Morgan fingerprint density at radius 1 is 0.571 bits per heavy atom. The predicted octanol–water partition coefficient (Wildman–Crippen LogP) is -0.783. The average molecular weight is 512 g/mol. The summed E-state index contributed by atoms with van der Waals surface area (Å²) in [6.45, 7) is 11.3. The van der Waals surface area contributed by atoms with E-state index in [0.717, 1.165) is 0 Å². The van der Waals surface area contributed by atoms with E-state index < -0.39 is 54.0 Å². The Morgan fingerprint density at radius 3 is 0.914 bits per heavy atom. The number of carboxylic acid groups (broad SMARTS) is 4. The summed E-state index contributed by atoms with van der Waals surface area (Å²) >= 11 is 0. The summed E-state index contributed by atoms with van der Waals surface area (Å²) < 4.78 is 0. The molecule has 0 aliphatic heterocycles. The van der Waals surface area contributed by atoms with Crippen LogP contribution in [0.2, 0.25) is 0 Å². The second kappa shape index (κ2) is 21.7. The number of carbonyl (C=O) groups is 5. The van der Waals surface area contributed by atoms with Crippen LogP contribution in [0.1, 0.15) is 60.8 Å². The first-order valence-electron chi connectivity index (χ1n) is 10.9. The highest BCUT2D eigenvalue weighted by Gasteiger charge is 2.15. The summed E-state index contributed by atoms with van der Waals surface area (Å²) in [6.07, 6.45) is 0.792. The molecule has 0 fully saturated rings. The standard InChI is InChI=1S/2C6H13NO2.C5H11NO2.C4H8N2O3/c2*1-4(2)3-5(7)6(8)9;1-3(2)4(6)5(7)8;5-2(4(8)9)1-3(6)7/h2*4-5H,3,7H2,1-2H3,(H,8,9);3-4H,6H2,1-2H3,(H,7,8);2H,1,5H2,(H2,6,7)(H,8,9). The molecule has 14 heteroatoms. The minimum Gasteiger partial charge on any atom is -0.480 e. The van der Waals surface area contributed by atoms with Gasteiger partial charge in [-0.15, -0.1) is 0 Å². The molecule has 4 atom stereocenters. The van der Waals surface area contributed by atoms with Gasteiger partial charge < -0.3 is 49.1 Å². The molecule has 1 amide bonds. The van der Waals surface area contributed by atoms with Crippen LogP contribution >= 0.6 is 0 Å². The third-order valence-electron chi connectivity index (χ3n) is 3.83. The van der Waals surface area contributed by atoms with Crippen LogP contribution in [-0.4, -0.2) is 74.4 Å². The van der Waals surface area contributed by atoms with Crippen LogP contribution in [0.3, 0.4) is 0 Å². The Bertz CT molecular complexity index is 617. The molecular formula is C21H45N5O9. The van der Waals surface area contributed by atoms with Crippen molar-refractivity contribution in [3.05, 3.63) is 0 Å². The van der Waals surface area contributed by atoms with Gasteiger partial charge in [-0.05, 0) is 30.6 Å². The summed E-state index contributed by atoms with van der Waals surface area (Å²) in [4.78, 5) is 50.1. The number of nitrogens with two attached hydrogens (primary N) is 5. The Morgan fingerprint density at radius 2 is 0.857 bits per heavy atom. The Labute approximate surface area is 206 Å². The quantitative estimate of drug-likeness (QED) is 0.164. The number of primary amides is 1. The lowest BCUT2D eigenvalue weighted by atomic mass is 10.1. The van der Waals surface area contributed by atoms with Gasteiger partial charge in [0.15, 0.2) is 0 Å². The molecule has 0 aliphatic rings. The topological polar surface area (TPSA) is 296 Å². The van der Waals surface area contributed by atoms with E-state index in [2.05, 4.69) is 5.73 Å². The Hall–Kier alpha value is -2.81. The number of carboxylic acids is 4. The molecule has 0 aromatic heterocycles. The second-order valence-corrected chi connectivity index (χ2v) is 8.87. The summed E-state index contributed by atoms with van der Waals surface area (Å²) in [5.74, 6) is -3.94. The zero-order valence-corrected chi connectivity index (χ0v) is 21.4. The van der Waals surface area contributed by atoms with Gasteiger partial charge in [-0.3, -0.25) is 24.0 Å². The third kappa shape index (κ3) is 31.2. The minimum atomic E-state index is -1.21. The number of rotatable bonds is 11. The van der Waals surface area contributed by atoms with Gasteiger partial charge in [-0.25, -0.2) is 0 Å². The van der Waals surface area contributed by atoms with E-state index in [1.807, 2.05) is 27.7 Å². The summed E-state index contributed by atoms with van der Waals surface area (Å²) in [6, 6.07) is -3.26. The number of hydrogen-bond acceptors (Lipinski definition) is 9. The van der Waals surface area contributed by atoms with E-state index in [1.165, 1.54) is 0 Å². The SMILES string of the molecule is CC(C)C(N)C(=O)O.CC(C)CC(N)C(=O)O.CC(C)CC(N)C(=O)O.NC(=O)CC(N)C(=O)O. The molecular weight excluding hydrogens is 466 g/mol. The fourth-order valence-electron chi connectivity index (χ4n) is 1.81. The smallest absolute Gasteiger partial charge is 0.321 e. The molecule has 0 aliphatic carbocycles. The number of aliphatic carboxylic acids is 4. The van der Waals surface area contributed by atoms with Gasteiger partial charge in [0.25, 0.3) is 0 Å². The van der Waals surface area contributed by atoms with Crippen LogP contribution in [0.15, 0.2) is 0 Å². The van der Waals surface area contributed by atoms with Crippen molar-refractivity contribution in [2.45, 2.75) is 85.0 Å². The first-order valence-corrected chi connectivity index (χ1v) is 10.9. The van der Waals surface area contributed by atoms with Gasteiger partial charge in [0.2, 0.25) is 5.91 Å². The molecule has 0 heterocycles. The van der Waals surface area contributed by atoms with Crippen molar-refractivity contribution in [2.75, 3.05) is 0 Å². The first-order chi connectivity index (χ1) is 15.7. The van der Waals surface area contributed by atoms with Crippen molar-refractivity contribution in [3.63, 3.8) is 0 Å². The van der Waals surface area contributed by atoms with Gasteiger partial charge >= 0.3 is 23.9 Å². The number of amides is 1. The maximum absolute atomic E-state index is 10.1. The van der Waals surface area contributed by atoms with Crippen molar-refractivity contribution in [3.8, 4) is 0 Å². The van der Waals surface area contributed by atoms with Gasteiger partial charge in [0.05, 0.1) is 6.42 Å². The molecule has 0 rings (SSSR count). The van der Waals surface area contributed by atoms with Gasteiger partial charge in [-0.2, -0.15) is 0 Å². The lowest BCUT2D eigenvalue weighted by Crippen LogP contribution is -2.34. The maximum Gasteiger partial charge on any atom is 0.321 e. The van der Waals surface area contributed by atoms with Gasteiger partial charge in [0.1, 0.15) is 24.2 Å². The van der Waals surface area contributed by atoms with E-state index in [4.69, 9.17) is 43.4 Å². The fraction of sp³-hybridized carbons (Fsp3) is 0.762. The van der Waals surface area contributed by atoms with Crippen LogP contribution in [0, 0.1) is 17.8 Å². The number of hydrogen-bond donors (Lipinski definition) is 9. The highest BCUT2D eigenvalue weighted by Crippen LogP contribution is 2.02. The molecule has 14 nitrogen and oxygen atoms in total. The molecule has 35 heavy (non-hydrogen) atoms. The monoisotopic (exact) mass is 511 g/mol. The van der Waals surface area contributed by atoms with Crippen LogP contribution < -0.4 is 28.7 Å². The van der Waals surface area contributed by atoms with Crippen molar-refractivity contribution < 1.29 is 44.4 Å². The van der Waals surface area contributed by atoms with Gasteiger partial charge in [0, 0.05) is 0 Å². The lowest BCUT2D eigenvalue weighted by molar-refractivity contribution is -0.140. The minimum absolute atomic E-state index is 0.0208. The molecule has 208 valence electrons. The molecule has 0 aromatic carbocycles. The van der Waals surface area contributed by atoms with E-state index in [-0.39, 0.29) is 12.3 Å². The van der Waals surface area contributed by atoms with Gasteiger partial charge in [-0.1, -0.05) is 41.5 Å². The normalized spacial score (nSPS) is 13.5. The average Bonchev–Trinajstić information content (AvgIpc) is 2.66. The molecule has 0 spiro atoms. The van der Waals surface area contributed by atoms with Crippen molar-refractivity contribution in [1.29, 1.82) is 0 Å². The molecule has 0 bridgehead atoms. The Kier molecular flexibility index (Phi) is 24.4. The van der Waals surface area contributed by atoms with E-state index in [1.54, 1.807) is 13.8 Å². The van der Waals surface area contributed by atoms with Crippen molar-refractivity contribution in [1.82, 2.24) is 0 Å². The third-order valence-corrected chi connectivity index (χ3v) is 3.83. The molecule has 0 saturated heterocycles. The van der Waals surface area contributed by atoms with Crippen LogP contribution in [0.25, 0.3) is 0 Å². The largest absolute Gasteiger partial charge is 0.480 e. The Balaban J connectivity index is -0.000000183. The second-order valence-electron chi connectivity index (χ2n) is 8.87. The summed E-state index contributed by atoms with van der Waals surface area (Å²) in [5.41, 5.74) is 25.2. The molecule has 4 unspecified atom stereocenters. The van der Waals surface area contributed by atoms with E-state index >= 15 is 0 Å². The van der Waals surface area contributed by atoms with Crippen LogP contribution in [-0.2, 0) is 24.0 Å². The van der Waals surface area contributed by atoms with Crippen LogP contribution in [0.4, 0.5) is 0 Å². The highest BCUT2D eigenvalue weighted by molar-refractivity contribution is 5.83. The number of carbonyl (C=O) groups excluding carboxylic acids is 1. The van der Waals surface area contributed by atoms with E-state index in [9.17, 15) is 24.0 Å². The van der Waals surface area contributed by atoms with Crippen LogP contribution in [0.5, 0.6) is 0 Å². The maximum atomic E-state index is 10.1. The predicted molar refractivity (Wildman–Crippen MR) is 130 cm³/mol. The zero-order chi connectivity index (χ0) is 29.0. The summed E-state index contributed by atoms with van der Waals surface area (Å²) in [7, 11) is 0. The van der Waals surface area contributed by atoms with Crippen molar-refractivity contribution in [2.24, 2.45) is 46.4 Å². The molecule has 0 aromatic rings. The first kappa shape index (κ1) is 39.4. The molecule has 14 N–H and O–H groups in total. The fourth-order valence-corrected chi connectivity index (χ4v) is 1.81. The van der Waals surface area contributed by atoms with E-state index in [0.29, 0.717) is 24.7 Å².